The van der Waals surface area contributed by atoms with Crippen LogP contribution >= 0.6 is 6.42 Å². The molecule has 4 nitrogen and oxygen atoms in total. The third kappa shape index (κ3) is 6.10. The highest BCUT2D eigenvalue weighted by Gasteiger charge is 2.24. The minimum absolute atomic E-state index is 0.0682. The molecule has 0 aliphatic rings. The summed E-state index contributed by atoms with van der Waals surface area (Å²) >= 11 is 5.61. The van der Waals surface area contributed by atoms with Crippen molar-refractivity contribution >= 4 is 35.0 Å². The van der Waals surface area contributed by atoms with Crippen molar-refractivity contribution in [2.24, 2.45) is 5.41 Å². The van der Waals surface area contributed by atoms with Gasteiger partial charge in [0.05, 0.1) is 6.61 Å². The molecule has 0 saturated heterocycles. The van der Waals surface area contributed by atoms with E-state index in [-0.39, 0.29) is 11.4 Å². The zero-order valence-electron chi connectivity index (χ0n) is 15.4. The highest BCUT2D eigenvalue weighted by molar-refractivity contribution is 8.11. The van der Waals surface area contributed by atoms with E-state index in [1.165, 1.54) is 0 Å². The predicted octanol–water partition coefficient (Wildman–Crippen LogP) is 4.73. The molecule has 0 radical (unpaired) electrons. The average Bonchev–Trinajstić information content (AvgIpc) is 2.51. The van der Waals surface area contributed by atoms with Crippen molar-refractivity contribution < 1.29 is 14.1 Å². The smallest absolute Gasteiger partial charge is 0.323 e. The Hall–Kier alpha value is -1.42. The third-order valence-corrected chi connectivity index (χ3v) is 5.39. The highest BCUT2D eigenvalue weighted by Crippen LogP contribution is 2.42. The van der Waals surface area contributed by atoms with Crippen LogP contribution in [0.3, 0.4) is 0 Å². The molecule has 2 atom stereocenters. The topological polar surface area (TPSA) is 47.6 Å². The first-order valence-corrected chi connectivity index (χ1v) is 11.4. The Morgan fingerprint density at radius 1 is 1.20 bits per heavy atom. The summed E-state index contributed by atoms with van der Waals surface area (Å²) in [6.07, 6.45) is -2.41. The second-order valence-electron chi connectivity index (χ2n) is 7.43. The van der Waals surface area contributed by atoms with Crippen molar-refractivity contribution in [3.05, 3.63) is 42.5 Å². The van der Waals surface area contributed by atoms with Crippen molar-refractivity contribution in [3.63, 3.8) is 0 Å². The van der Waals surface area contributed by atoms with Gasteiger partial charge in [0.15, 0.2) is 6.42 Å². The lowest BCUT2D eigenvalue weighted by atomic mass is 9.99. The van der Waals surface area contributed by atoms with Gasteiger partial charge < -0.3 is 9.26 Å². The molecule has 0 aliphatic heterocycles. The number of carbonyl (C=O) groups excluding carboxylic acids is 1. The van der Waals surface area contributed by atoms with Crippen LogP contribution in [0.1, 0.15) is 27.7 Å². The van der Waals surface area contributed by atoms with Crippen LogP contribution in [0.4, 0.5) is 0 Å². The second-order valence-corrected chi connectivity index (χ2v) is 11.7. The first-order chi connectivity index (χ1) is 11.6. The fourth-order valence-electron chi connectivity index (χ4n) is 2.31. The number of ether oxygens (including phenoxy) is 1. The molecule has 0 aromatic heterocycles. The van der Waals surface area contributed by atoms with Gasteiger partial charge in [0.25, 0.3) is 0 Å². The van der Waals surface area contributed by atoms with Crippen molar-refractivity contribution in [2.75, 3.05) is 13.3 Å². The maximum absolute atomic E-state index is 12.2. The normalized spacial score (nSPS) is 15.4. The van der Waals surface area contributed by atoms with Crippen LogP contribution in [0.15, 0.2) is 42.5 Å². The summed E-state index contributed by atoms with van der Waals surface area (Å²) in [7, 11) is 0. The minimum Gasteiger partial charge on any atom is -0.464 e. The van der Waals surface area contributed by atoms with Crippen molar-refractivity contribution in [1.29, 1.82) is 0 Å². The summed E-state index contributed by atoms with van der Waals surface area (Å²) in [6, 6.07) is 13.3. The largest absolute Gasteiger partial charge is 0.464 e. The van der Waals surface area contributed by atoms with Gasteiger partial charge in [0, 0.05) is 12.1 Å². The van der Waals surface area contributed by atoms with Crippen LogP contribution in [0, 0.1) is 5.41 Å². The van der Waals surface area contributed by atoms with Crippen LogP contribution in [0.5, 0.6) is 5.75 Å². The SMILES string of the molecule is C[C@H](NP(C)(=S)Oc1cccc2ccccc12)C(=O)OCC(C)(C)C. The Morgan fingerprint density at radius 3 is 2.52 bits per heavy atom. The van der Waals surface area contributed by atoms with Crippen LogP contribution in [-0.4, -0.2) is 25.3 Å². The number of benzene rings is 2. The van der Waals surface area contributed by atoms with E-state index in [2.05, 4.69) is 5.09 Å². The van der Waals surface area contributed by atoms with Gasteiger partial charge in [-0.1, -0.05) is 57.2 Å². The Balaban J connectivity index is 2.06. The molecule has 25 heavy (non-hydrogen) atoms. The van der Waals surface area contributed by atoms with Gasteiger partial charge in [-0.05, 0) is 35.6 Å². The number of rotatable bonds is 6. The van der Waals surface area contributed by atoms with Gasteiger partial charge in [-0.3, -0.25) is 4.79 Å². The van der Waals surface area contributed by atoms with Crippen molar-refractivity contribution in [1.82, 2.24) is 5.09 Å². The number of esters is 1. The Kier molecular flexibility index (Phi) is 6.26. The van der Waals surface area contributed by atoms with Crippen molar-refractivity contribution in [3.8, 4) is 5.75 Å². The van der Waals surface area contributed by atoms with Crippen LogP contribution < -0.4 is 9.61 Å². The molecule has 0 aliphatic carbocycles. The Labute approximate surface area is 155 Å². The fraction of sp³-hybridized carbons (Fsp3) is 0.421. The average molecular weight is 379 g/mol. The fourth-order valence-corrected chi connectivity index (χ4v) is 4.42. The lowest BCUT2D eigenvalue weighted by molar-refractivity contribution is -0.147. The number of hydrogen-bond acceptors (Lipinski definition) is 4. The molecule has 136 valence electrons. The number of nitrogens with one attached hydrogen (secondary N) is 1. The standard InChI is InChI=1S/C19H26NO3PS/c1-14(18(21)22-13-19(2,3)4)20-24(5,25)23-17-12-8-10-15-9-6-7-11-16(15)17/h6-12,14H,13H2,1-5H3,(H,20,25)/t14-,24?/m0/s1. The third-order valence-electron chi connectivity index (χ3n) is 3.45. The molecular formula is C19H26NO3PS. The predicted molar refractivity (Wildman–Crippen MR) is 108 cm³/mol. The molecular weight excluding hydrogens is 353 g/mol. The van der Waals surface area contributed by atoms with Crippen molar-refractivity contribution in [2.45, 2.75) is 33.7 Å². The molecule has 6 heteroatoms. The summed E-state index contributed by atoms with van der Waals surface area (Å²) < 4.78 is 11.4. The summed E-state index contributed by atoms with van der Waals surface area (Å²) in [6.45, 7) is 10.0. The van der Waals surface area contributed by atoms with Gasteiger partial charge in [-0.2, -0.15) is 0 Å². The molecule has 0 amide bonds. The van der Waals surface area contributed by atoms with Crippen LogP contribution in [-0.2, 0) is 21.3 Å². The summed E-state index contributed by atoms with van der Waals surface area (Å²) in [5.41, 5.74) is -0.0682. The van der Waals surface area contributed by atoms with Gasteiger partial charge in [0.1, 0.15) is 11.8 Å². The quantitative estimate of drug-likeness (QED) is 0.581. The Bertz CT molecular complexity index is 795. The molecule has 1 unspecified atom stereocenters. The molecule has 2 rings (SSSR count). The van der Waals surface area contributed by atoms with E-state index >= 15 is 0 Å². The van der Waals surface area contributed by atoms with E-state index in [0.29, 0.717) is 6.61 Å². The van der Waals surface area contributed by atoms with E-state index < -0.39 is 12.5 Å². The monoisotopic (exact) mass is 379 g/mol. The molecule has 0 heterocycles. The lowest BCUT2D eigenvalue weighted by Crippen LogP contribution is -2.35. The number of carbonyl (C=O) groups is 1. The molecule has 2 aromatic rings. The first kappa shape index (κ1) is 19.9. The van der Waals surface area contributed by atoms with E-state index in [1.54, 1.807) is 6.92 Å². The molecule has 1 N–H and O–H groups in total. The molecule has 0 saturated carbocycles. The molecule has 0 spiro atoms. The van der Waals surface area contributed by atoms with Gasteiger partial charge in [0.2, 0.25) is 0 Å². The Morgan fingerprint density at radius 2 is 1.84 bits per heavy atom. The van der Waals surface area contributed by atoms with E-state index in [4.69, 9.17) is 21.1 Å². The van der Waals surface area contributed by atoms with Gasteiger partial charge in [-0.25, -0.2) is 5.09 Å². The minimum atomic E-state index is -2.41. The first-order valence-electron chi connectivity index (χ1n) is 8.27. The zero-order valence-corrected chi connectivity index (χ0v) is 17.1. The van der Waals surface area contributed by atoms with Crippen LogP contribution in [0.25, 0.3) is 10.8 Å². The van der Waals surface area contributed by atoms with E-state index in [9.17, 15) is 4.79 Å². The lowest BCUT2D eigenvalue weighted by Gasteiger charge is -2.25. The maximum atomic E-state index is 12.2. The molecule has 0 bridgehead atoms. The van der Waals surface area contributed by atoms with Crippen LogP contribution in [0.2, 0.25) is 0 Å². The second kappa shape index (κ2) is 7.86. The molecule has 2 aromatic carbocycles. The summed E-state index contributed by atoms with van der Waals surface area (Å²) in [4.78, 5) is 12.2. The summed E-state index contributed by atoms with van der Waals surface area (Å²) in [5.74, 6) is 0.416. The van der Waals surface area contributed by atoms with Gasteiger partial charge in [-0.15, -0.1) is 0 Å². The number of hydrogen-bond donors (Lipinski definition) is 1. The van der Waals surface area contributed by atoms with Gasteiger partial charge >= 0.3 is 5.97 Å². The maximum Gasteiger partial charge on any atom is 0.323 e. The van der Waals surface area contributed by atoms with E-state index in [0.717, 1.165) is 16.5 Å². The zero-order chi connectivity index (χ0) is 18.7. The molecule has 0 fully saturated rings. The summed E-state index contributed by atoms with van der Waals surface area (Å²) in [5, 5.41) is 5.23. The number of fused-ring (bicyclic) bond motifs is 1. The van der Waals surface area contributed by atoms with E-state index in [1.807, 2.05) is 69.9 Å². The highest BCUT2D eigenvalue weighted by atomic mass is 32.4.